The van der Waals surface area contributed by atoms with E-state index in [0.717, 1.165) is 5.52 Å². The summed E-state index contributed by atoms with van der Waals surface area (Å²) in [4.78, 5) is 4.51. The van der Waals surface area contributed by atoms with E-state index < -0.39 is 0 Å². The highest BCUT2D eigenvalue weighted by Crippen LogP contribution is 2.33. The normalized spacial score (nSPS) is 19.8. The van der Waals surface area contributed by atoms with Crippen molar-refractivity contribution in [3.63, 3.8) is 0 Å². The van der Waals surface area contributed by atoms with Crippen LogP contribution in [-0.2, 0) is 0 Å². The molecule has 1 aliphatic carbocycles. The Morgan fingerprint density at radius 3 is 2.78 bits per heavy atom. The van der Waals surface area contributed by atoms with Crippen molar-refractivity contribution in [1.82, 2.24) is 4.98 Å². The molecule has 1 aliphatic rings. The number of nitrogens with two attached hydrogens (primary N) is 1. The van der Waals surface area contributed by atoms with Crippen LogP contribution < -0.4 is 5.73 Å². The van der Waals surface area contributed by atoms with Gasteiger partial charge < -0.3 is 5.73 Å². The Morgan fingerprint density at radius 1 is 1.22 bits per heavy atom. The summed E-state index contributed by atoms with van der Waals surface area (Å²) in [6, 6.07) is 4.48. The van der Waals surface area contributed by atoms with Crippen LogP contribution in [0.2, 0.25) is 0 Å². The third-order valence-corrected chi connectivity index (χ3v) is 4.97. The van der Waals surface area contributed by atoms with E-state index in [2.05, 4.69) is 22.5 Å². The maximum absolute atomic E-state index is 6.46. The molecular weight excluding hydrogens is 240 g/mol. The van der Waals surface area contributed by atoms with E-state index in [4.69, 9.17) is 5.73 Å². The summed E-state index contributed by atoms with van der Waals surface area (Å²) in [5.41, 5.74) is 8.78. The average Bonchev–Trinajstić information content (AvgIpc) is 2.69. The number of hydrogen-bond acceptors (Lipinski definition) is 3. The average molecular weight is 260 g/mol. The first kappa shape index (κ1) is 12.1. The summed E-state index contributed by atoms with van der Waals surface area (Å²) >= 11 is 1.75. The molecule has 18 heavy (non-hydrogen) atoms. The van der Waals surface area contributed by atoms with Gasteiger partial charge in [-0.05, 0) is 41.8 Å². The van der Waals surface area contributed by atoms with Crippen molar-refractivity contribution in [2.75, 3.05) is 0 Å². The summed E-state index contributed by atoms with van der Waals surface area (Å²) in [5, 5.41) is 2.10. The van der Waals surface area contributed by atoms with E-state index in [1.807, 2.05) is 6.20 Å². The van der Waals surface area contributed by atoms with Crippen LogP contribution >= 0.6 is 11.3 Å². The highest BCUT2D eigenvalue weighted by molar-refractivity contribution is 7.17. The number of nitrogens with zero attached hydrogens (tertiary/aromatic N) is 1. The highest BCUT2D eigenvalue weighted by atomic mass is 32.1. The zero-order valence-corrected chi connectivity index (χ0v) is 11.5. The van der Waals surface area contributed by atoms with E-state index in [1.54, 1.807) is 11.3 Å². The lowest BCUT2D eigenvalue weighted by Gasteiger charge is -2.22. The number of aromatic nitrogens is 1. The molecule has 3 heteroatoms. The van der Waals surface area contributed by atoms with E-state index in [-0.39, 0.29) is 6.04 Å². The minimum Gasteiger partial charge on any atom is -0.324 e. The smallest absolute Gasteiger partial charge is 0.0809 e. The van der Waals surface area contributed by atoms with Crippen molar-refractivity contribution in [3.8, 4) is 0 Å². The van der Waals surface area contributed by atoms with Crippen molar-refractivity contribution in [1.29, 1.82) is 0 Å². The largest absolute Gasteiger partial charge is 0.324 e. The van der Waals surface area contributed by atoms with Crippen LogP contribution in [-0.4, -0.2) is 4.98 Å². The van der Waals surface area contributed by atoms with Gasteiger partial charge in [0.1, 0.15) is 0 Å². The molecule has 0 aromatic carbocycles. The van der Waals surface area contributed by atoms with Gasteiger partial charge in [0, 0.05) is 12.2 Å². The molecule has 1 unspecified atom stereocenters. The Bertz CT molecular complexity index is 512. The summed E-state index contributed by atoms with van der Waals surface area (Å²) in [6.07, 6.45) is 9.98. The van der Waals surface area contributed by atoms with Gasteiger partial charge in [-0.2, -0.15) is 0 Å². The van der Waals surface area contributed by atoms with E-state index >= 15 is 0 Å². The van der Waals surface area contributed by atoms with Crippen LogP contribution in [0.5, 0.6) is 0 Å². The van der Waals surface area contributed by atoms with E-state index in [9.17, 15) is 0 Å². The van der Waals surface area contributed by atoms with Gasteiger partial charge in [-0.1, -0.05) is 25.7 Å². The van der Waals surface area contributed by atoms with Gasteiger partial charge in [-0.15, -0.1) is 11.3 Å². The van der Waals surface area contributed by atoms with Crippen molar-refractivity contribution >= 4 is 21.6 Å². The van der Waals surface area contributed by atoms with E-state index in [1.165, 1.54) is 48.8 Å². The van der Waals surface area contributed by atoms with Gasteiger partial charge in [-0.25, -0.2) is 0 Å². The second-order valence-corrected chi connectivity index (χ2v) is 6.30. The van der Waals surface area contributed by atoms with Gasteiger partial charge in [-0.3, -0.25) is 4.98 Å². The molecule has 2 aromatic heterocycles. The Hall–Kier alpha value is -0.930. The number of pyridine rings is 1. The lowest BCUT2D eigenvalue weighted by molar-refractivity contribution is 0.382. The van der Waals surface area contributed by atoms with Gasteiger partial charge in [0.2, 0.25) is 0 Å². The fraction of sp³-hybridized carbons (Fsp3) is 0.533. The molecule has 1 atom stereocenters. The molecule has 0 amide bonds. The summed E-state index contributed by atoms with van der Waals surface area (Å²) in [6.45, 7) is 0. The van der Waals surface area contributed by atoms with E-state index in [0.29, 0.717) is 5.92 Å². The van der Waals surface area contributed by atoms with Gasteiger partial charge in [0.15, 0.2) is 0 Å². The molecule has 2 heterocycles. The van der Waals surface area contributed by atoms with Crippen LogP contribution in [0.3, 0.4) is 0 Å². The van der Waals surface area contributed by atoms with Crippen molar-refractivity contribution in [3.05, 3.63) is 29.3 Å². The zero-order valence-electron chi connectivity index (χ0n) is 10.6. The number of thiophene rings is 1. The molecule has 0 saturated heterocycles. The zero-order chi connectivity index (χ0) is 12.4. The minimum absolute atomic E-state index is 0.169. The van der Waals surface area contributed by atoms with Gasteiger partial charge in [0.25, 0.3) is 0 Å². The van der Waals surface area contributed by atoms with Crippen molar-refractivity contribution < 1.29 is 0 Å². The highest BCUT2D eigenvalue weighted by Gasteiger charge is 2.21. The number of fused-ring (bicyclic) bond motifs is 1. The molecule has 2 aromatic rings. The molecule has 0 aliphatic heterocycles. The number of rotatable bonds is 2. The molecule has 0 spiro atoms. The van der Waals surface area contributed by atoms with Crippen LogP contribution in [0.4, 0.5) is 0 Å². The monoisotopic (exact) mass is 260 g/mol. The summed E-state index contributed by atoms with van der Waals surface area (Å²) in [5.74, 6) is 0.645. The third kappa shape index (κ3) is 2.43. The third-order valence-electron chi connectivity index (χ3n) is 4.12. The van der Waals surface area contributed by atoms with Crippen LogP contribution in [0.25, 0.3) is 10.2 Å². The summed E-state index contributed by atoms with van der Waals surface area (Å²) in [7, 11) is 0. The Morgan fingerprint density at radius 2 is 2.00 bits per heavy atom. The second kappa shape index (κ2) is 5.37. The lowest BCUT2D eigenvalue weighted by atomic mass is 9.88. The quantitative estimate of drug-likeness (QED) is 0.819. The first-order valence-corrected chi connectivity index (χ1v) is 7.81. The summed E-state index contributed by atoms with van der Waals surface area (Å²) < 4.78 is 1.26. The topological polar surface area (TPSA) is 38.9 Å². The fourth-order valence-corrected chi connectivity index (χ4v) is 3.78. The molecule has 3 rings (SSSR count). The van der Waals surface area contributed by atoms with Gasteiger partial charge in [0.05, 0.1) is 10.2 Å². The van der Waals surface area contributed by atoms with Crippen molar-refractivity contribution in [2.24, 2.45) is 11.7 Å². The Balaban J connectivity index is 1.83. The Labute approximate surface area is 112 Å². The SMILES string of the molecule is NC(c1cnc2ccsc2c1)C1CCCCCC1. The fourth-order valence-electron chi connectivity index (χ4n) is 2.99. The molecule has 1 fully saturated rings. The molecule has 0 bridgehead atoms. The minimum atomic E-state index is 0.169. The molecule has 1 saturated carbocycles. The van der Waals surface area contributed by atoms with Gasteiger partial charge >= 0.3 is 0 Å². The second-order valence-electron chi connectivity index (χ2n) is 5.35. The molecule has 2 N–H and O–H groups in total. The standard InChI is InChI=1S/C15H20N2S/c16-15(11-5-3-1-2-4-6-11)12-9-14-13(17-10-12)7-8-18-14/h7-11,15H,1-6,16H2. The molecule has 0 radical (unpaired) electrons. The Kier molecular flexibility index (Phi) is 3.62. The first-order valence-electron chi connectivity index (χ1n) is 6.93. The predicted octanol–water partition coefficient (Wildman–Crippen LogP) is 4.27. The lowest BCUT2D eigenvalue weighted by Crippen LogP contribution is -2.21. The van der Waals surface area contributed by atoms with Crippen molar-refractivity contribution in [2.45, 2.75) is 44.6 Å². The molecular formula is C15H20N2S. The first-order chi connectivity index (χ1) is 8.84. The number of hydrogen-bond donors (Lipinski definition) is 1. The maximum atomic E-state index is 6.46. The predicted molar refractivity (Wildman–Crippen MR) is 77.7 cm³/mol. The van der Waals surface area contributed by atoms with Crippen LogP contribution in [0, 0.1) is 5.92 Å². The van der Waals surface area contributed by atoms with Crippen LogP contribution in [0.1, 0.15) is 50.1 Å². The molecule has 2 nitrogen and oxygen atoms in total. The molecule has 96 valence electrons. The maximum Gasteiger partial charge on any atom is 0.0809 e. The van der Waals surface area contributed by atoms with Crippen LogP contribution in [0.15, 0.2) is 23.7 Å².